The van der Waals surface area contributed by atoms with Crippen LogP contribution in [0.2, 0.25) is 0 Å². The monoisotopic (exact) mass is 387 g/mol. The lowest BCUT2D eigenvalue weighted by Gasteiger charge is -1.99. The summed E-state index contributed by atoms with van der Waals surface area (Å²) in [5.74, 6) is -0.358. The Bertz CT molecular complexity index is 1110. The second-order valence-electron chi connectivity index (χ2n) is 6.02. The van der Waals surface area contributed by atoms with Gasteiger partial charge in [-0.1, -0.05) is 60.7 Å². The fourth-order valence-electron chi connectivity index (χ4n) is 2.96. The van der Waals surface area contributed by atoms with Crippen molar-refractivity contribution in [2.24, 2.45) is 5.10 Å². The topological polar surface area (TPSA) is 63.6 Å². The predicted octanol–water partition coefficient (Wildman–Crippen LogP) is 5.15. The predicted molar refractivity (Wildman–Crippen MR) is 113 cm³/mol. The molecule has 0 unspecified atom stereocenters. The number of thiazole rings is 1. The van der Waals surface area contributed by atoms with Gasteiger partial charge in [-0.15, -0.1) is 11.3 Å². The van der Waals surface area contributed by atoms with E-state index in [0.29, 0.717) is 10.7 Å². The number of hydrazone groups is 1. The molecule has 0 aliphatic heterocycles. The molecule has 0 spiro atoms. The zero-order valence-electron chi connectivity index (χ0n) is 15.1. The van der Waals surface area contributed by atoms with Gasteiger partial charge in [0.25, 0.3) is 0 Å². The first kappa shape index (κ1) is 17.9. The summed E-state index contributed by atoms with van der Waals surface area (Å²) in [5.41, 5.74) is 7.98. The second kappa shape index (κ2) is 8.02. The highest BCUT2D eigenvalue weighted by Crippen LogP contribution is 2.39. The first-order chi connectivity index (χ1) is 13.8. The quantitative estimate of drug-likeness (QED) is 0.292. The lowest BCUT2D eigenvalue weighted by atomic mass is 10.1. The molecule has 1 N–H and O–H groups in total. The average molecular weight is 387 g/mol. The minimum Gasteiger partial charge on any atom is -0.465 e. The smallest absolute Gasteiger partial charge is 0.338 e. The van der Waals surface area contributed by atoms with Crippen LogP contribution in [0.3, 0.4) is 0 Å². The molecule has 4 rings (SSSR count). The fourth-order valence-corrected chi connectivity index (χ4v) is 3.62. The Labute approximate surface area is 166 Å². The molecule has 138 valence electrons. The summed E-state index contributed by atoms with van der Waals surface area (Å²) in [7, 11) is 1.39. The van der Waals surface area contributed by atoms with Gasteiger partial charge in [-0.3, -0.25) is 5.43 Å². The largest absolute Gasteiger partial charge is 0.465 e. The highest BCUT2D eigenvalue weighted by atomic mass is 32.1. The number of rotatable bonds is 5. The molecule has 5 nitrogen and oxygen atoms in total. The molecule has 1 aromatic carbocycles. The van der Waals surface area contributed by atoms with Crippen molar-refractivity contribution < 1.29 is 9.53 Å². The maximum atomic E-state index is 12.2. The van der Waals surface area contributed by atoms with E-state index in [0.717, 1.165) is 27.9 Å². The Morgan fingerprint density at radius 3 is 2.50 bits per heavy atom. The van der Waals surface area contributed by atoms with Crippen LogP contribution >= 0.6 is 11.3 Å². The molecule has 0 saturated heterocycles. The van der Waals surface area contributed by atoms with Crippen LogP contribution in [0, 0.1) is 0 Å². The van der Waals surface area contributed by atoms with Gasteiger partial charge >= 0.3 is 5.97 Å². The van der Waals surface area contributed by atoms with Gasteiger partial charge in [0.15, 0.2) is 0 Å². The number of aromatic nitrogens is 1. The van der Waals surface area contributed by atoms with E-state index in [1.807, 2.05) is 72.1 Å². The van der Waals surface area contributed by atoms with Crippen LogP contribution in [0.5, 0.6) is 0 Å². The molecule has 28 heavy (non-hydrogen) atoms. The van der Waals surface area contributed by atoms with Crippen LogP contribution in [0.1, 0.15) is 15.9 Å². The highest BCUT2D eigenvalue weighted by Gasteiger charge is 2.22. The van der Waals surface area contributed by atoms with Crippen molar-refractivity contribution in [1.82, 2.24) is 4.98 Å². The number of nitrogens with one attached hydrogen (secondary N) is 1. The third-order valence-electron chi connectivity index (χ3n) is 4.27. The molecule has 0 saturated carbocycles. The Kier molecular flexibility index (Phi) is 5.12. The van der Waals surface area contributed by atoms with E-state index in [9.17, 15) is 4.79 Å². The van der Waals surface area contributed by atoms with Crippen LogP contribution in [0.15, 0.2) is 77.2 Å². The maximum Gasteiger partial charge on any atom is 0.338 e. The van der Waals surface area contributed by atoms with Crippen LogP contribution in [0.25, 0.3) is 22.4 Å². The van der Waals surface area contributed by atoms with E-state index >= 15 is 0 Å². The number of ether oxygens (including phenoxy) is 1. The van der Waals surface area contributed by atoms with Gasteiger partial charge in [0.2, 0.25) is 5.13 Å². The van der Waals surface area contributed by atoms with Crippen LogP contribution in [-0.4, -0.2) is 24.3 Å². The Balaban J connectivity index is 1.63. The summed E-state index contributed by atoms with van der Waals surface area (Å²) in [6.07, 6.45) is 1.74. The maximum absolute atomic E-state index is 12.2. The molecule has 0 amide bonds. The summed E-state index contributed by atoms with van der Waals surface area (Å²) < 4.78 is 4.94. The van der Waals surface area contributed by atoms with Crippen LogP contribution < -0.4 is 5.43 Å². The summed E-state index contributed by atoms with van der Waals surface area (Å²) in [6, 6.07) is 21.4. The van der Waals surface area contributed by atoms with Gasteiger partial charge < -0.3 is 4.74 Å². The molecule has 2 aromatic rings. The zero-order valence-corrected chi connectivity index (χ0v) is 15.9. The lowest BCUT2D eigenvalue weighted by molar-refractivity contribution is 0.0602. The Morgan fingerprint density at radius 2 is 1.75 bits per heavy atom. The summed E-state index contributed by atoms with van der Waals surface area (Å²) in [6.45, 7) is 0. The molecular formula is C22H17N3O2S. The first-order valence-electron chi connectivity index (χ1n) is 8.66. The minimum absolute atomic E-state index is 0.358. The van der Waals surface area contributed by atoms with Crippen molar-refractivity contribution >= 4 is 28.7 Å². The van der Waals surface area contributed by atoms with E-state index < -0.39 is 0 Å². The van der Waals surface area contributed by atoms with Gasteiger partial charge in [0.1, 0.15) is 0 Å². The molecule has 2 aliphatic carbocycles. The third-order valence-corrected chi connectivity index (χ3v) is 5.01. The van der Waals surface area contributed by atoms with Gasteiger partial charge in [0, 0.05) is 10.9 Å². The van der Waals surface area contributed by atoms with Gasteiger partial charge in [0.05, 0.1) is 24.6 Å². The van der Waals surface area contributed by atoms with E-state index in [1.54, 1.807) is 6.21 Å². The van der Waals surface area contributed by atoms with E-state index in [4.69, 9.17) is 4.74 Å². The summed E-state index contributed by atoms with van der Waals surface area (Å²) in [5, 5.41) is 6.86. The van der Waals surface area contributed by atoms with Crippen molar-refractivity contribution in [3.05, 3.63) is 83.2 Å². The lowest BCUT2D eigenvalue weighted by Crippen LogP contribution is -1.99. The standard InChI is InChI=1S/C22H17N3O2S/c1-27-21(26)19-12-18(16-10-6-3-7-11-17(16)19)20-14-28-22(24-20)25-23-13-15-8-4-2-5-9-15/h2-14H,1H3,(H,24,25)/b23-13+. The molecule has 1 heterocycles. The second-order valence-corrected chi connectivity index (χ2v) is 6.88. The highest BCUT2D eigenvalue weighted by molar-refractivity contribution is 7.14. The van der Waals surface area contributed by atoms with Gasteiger partial charge in [-0.25, -0.2) is 9.78 Å². The zero-order chi connectivity index (χ0) is 19.3. The number of hydrogen-bond acceptors (Lipinski definition) is 6. The molecule has 0 atom stereocenters. The van der Waals surface area contributed by atoms with Gasteiger partial charge in [-0.05, 0) is 22.8 Å². The SMILES string of the molecule is COC(=O)c1cc(-c2csc(N/N=C/c3ccccc3)n2)c2cccccc1-2. The number of nitrogens with zero attached hydrogens (tertiary/aromatic N) is 2. The first-order valence-corrected chi connectivity index (χ1v) is 9.54. The third kappa shape index (κ3) is 3.63. The number of esters is 1. The van der Waals surface area contributed by atoms with E-state index in [2.05, 4.69) is 15.5 Å². The van der Waals surface area contributed by atoms with Crippen molar-refractivity contribution in [2.45, 2.75) is 0 Å². The molecular weight excluding hydrogens is 370 g/mol. The number of methoxy groups -OCH3 is 1. The molecule has 2 aliphatic rings. The number of carbonyl (C=O) groups excluding carboxylic acids is 1. The van der Waals surface area contributed by atoms with Crippen molar-refractivity contribution in [3.8, 4) is 22.4 Å². The summed E-state index contributed by atoms with van der Waals surface area (Å²) >= 11 is 1.46. The normalized spacial score (nSPS) is 11.0. The van der Waals surface area contributed by atoms with Crippen LogP contribution in [0.4, 0.5) is 5.13 Å². The summed E-state index contributed by atoms with van der Waals surface area (Å²) in [4.78, 5) is 16.8. The molecule has 0 radical (unpaired) electrons. The van der Waals surface area contributed by atoms with Crippen LogP contribution in [-0.2, 0) is 4.74 Å². The number of benzene rings is 1. The Hall–Kier alpha value is -3.51. The number of carbonyl (C=O) groups is 1. The average Bonchev–Trinajstić information content (AvgIpc) is 3.25. The Morgan fingerprint density at radius 1 is 1.04 bits per heavy atom. The molecule has 0 bridgehead atoms. The molecule has 6 heteroatoms. The van der Waals surface area contributed by atoms with Crippen molar-refractivity contribution in [3.63, 3.8) is 0 Å². The van der Waals surface area contributed by atoms with Crippen molar-refractivity contribution in [1.29, 1.82) is 0 Å². The fraction of sp³-hybridized carbons (Fsp3) is 0.0455. The number of hydrogen-bond donors (Lipinski definition) is 1. The van der Waals surface area contributed by atoms with E-state index in [1.165, 1.54) is 18.4 Å². The molecule has 0 fully saturated rings. The number of anilines is 1. The van der Waals surface area contributed by atoms with Crippen molar-refractivity contribution in [2.75, 3.05) is 12.5 Å². The number of fused-ring (bicyclic) bond motifs is 1. The minimum atomic E-state index is -0.358. The van der Waals surface area contributed by atoms with E-state index in [-0.39, 0.29) is 5.97 Å². The molecule has 1 aromatic heterocycles. The van der Waals surface area contributed by atoms with Gasteiger partial charge in [-0.2, -0.15) is 5.10 Å².